The molecule has 2 heterocycles. The first kappa shape index (κ1) is 6.94. The zero-order valence-corrected chi connectivity index (χ0v) is 7.55. The van der Waals surface area contributed by atoms with Gasteiger partial charge in [0, 0.05) is 0 Å². The minimum Gasteiger partial charge on any atom is -0.343 e. The van der Waals surface area contributed by atoms with Gasteiger partial charge in [0.2, 0.25) is 0 Å². The van der Waals surface area contributed by atoms with Crippen molar-refractivity contribution in [3.8, 4) is 0 Å². The molecular formula is C7H6N2S2. The maximum absolute atomic E-state index is 5.07. The van der Waals surface area contributed by atoms with Crippen LogP contribution in [0.2, 0.25) is 0 Å². The third kappa shape index (κ3) is 1.08. The van der Waals surface area contributed by atoms with Crippen LogP contribution < -0.4 is 0 Å². The number of thiophene rings is 1. The molecule has 0 aliphatic carbocycles. The quantitative estimate of drug-likeness (QED) is 0.634. The van der Waals surface area contributed by atoms with Crippen LogP contribution in [0, 0.1) is 11.6 Å². The molecule has 0 aliphatic rings. The number of nitrogens with one attached hydrogen (secondary N) is 1. The Bertz CT molecular complexity index is 441. The van der Waals surface area contributed by atoms with E-state index in [2.05, 4.69) is 9.97 Å². The van der Waals surface area contributed by atoms with E-state index in [0.717, 1.165) is 16.0 Å². The van der Waals surface area contributed by atoms with Crippen molar-refractivity contribution in [1.82, 2.24) is 9.97 Å². The van der Waals surface area contributed by atoms with E-state index in [0.29, 0.717) is 4.64 Å². The van der Waals surface area contributed by atoms with E-state index in [1.807, 2.05) is 18.4 Å². The Morgan fingerprint density at radius 1 is 1.64 bits per heavy atom. The van der Waals surface area contributed by atoms with Gasteiger partial charge >= 0.3 is 0 Å². The van der Waals surface area contributed by atoms with Crippen molar-refractivity contribution in [2.75, 3.05) is 0 Å². The molecule has 4 heteroatoms. The van der Waals surface area contributed by atoms with Gasteiger partial charge in [0.25, 0.3) is 0 Å². The highest BCUT2D eigenvalue weighted by Gasteiger charge is 1.97. The van der Waals surface area contributed by atoms with Crippen LogP contribution in [0.5, 0.6) is 0 Å². The van der Waals surface area contributed by atoms with Gasteiger partial charge in [-0.15, -0.1) is 11.3 Å². The van der Waals surface area contributed by atoms with E-state index >= 15 is 0 Å². The Morgan fingerprint density at radius 2 is 2.45 bits per heavy atom. The van der Waals surface area contributed by atoms with E-state index < -0.39 is 0 Å². The van der Waals surface area contributed by atoms with Crippen LogP contribution in [0.25, 0.3) is 10.2 Å². The molecule has 0 saturated carbocycles. The number of nitrogens with zero attached hydrogens (tertiary/aromatic N) is 1. The Balaban J connectivity index is 3.02. The fourth-order valence-electron chi connectivity index (χ4n) is 0.999. The average Bonchev–Trinajstić information content (AvgIpc) is 2.34. The highest BCUT2D eigenvalue weighted by atomic mass is 32.1. The molecule has 0 atom stereocenters. The molecule has 0 radical (unpaired) electrons. The maximum Gasteiger partial charge on any atom is 0.147 e. The maximum atomic E-state index is 5.07. The lowest BCUT2D eigenvalue weighted by Crippen LogP contribution is -1.85. The molecule has 0 spiro atoms. The fourth-order valence-corrected chi connectivity index (χ4v) is 2.12. The molecule has 2 aromatic heterocycles. The Kier molecular flexibility index (Phi) is 1.51. The molecule has 2 nitrogen and oxygen atoms in total. The molecule has 0 unspecified atom stereocenters. The minimum absolute atomic E-state index is 0.700. The summed E-state index contributed by atoms with van der Waals surface area (Å²) in [7, 11) is 0. The standard InChI is InChI=1S/C7H6N2S2/c1-4-8-5-2-3-11-6(5)7(10)9-4/h2-3H,1H3,(H,8,9,10). The van der Waals surface area contributed by atoms with Crippen molar-refractivity contribution < 1.29 is 0 Å². The smallest absolute Gasteiger partial charge is 0.147 e. The second kappa shape index (κ2) is 2.39. The Morgan fingerprint density at radius 3 is 3.27 bits per heavy atom. The number of rotatable bonds is 0. The Hall–Kier alpha value is -0.740. The molecule has 0 aromatic carbocycles. The van der Waals surface area contributed by atoms with Crippen LogP contribution in [0.3, 0.4) is 0 Å². The molecule has 0 fully saturated rings. The van der Waals surface area contributed by atoms with Crippen LogP contribution in [0.15, 0.2) is 11.4 Å². The predicted molar refractivity (Wildman–Crippen MR) is 49.5 cm³/mol. The molecule has 0 amide bonds. The average molecular weight is 182 g/mol. The van der Waals surface area contributed by atoms with Gasteiger partial charge in [-0.1, -0.05) is 12.2 Å². The van der Waals surface area contributed by atoms with E-state index in [9.17, 15) is 0 Å². The van der Waals surface area contributed by atoms with Gasteiger partial charge in [-0.2, -0.15) is 0 Å². The normalized spacial score (nSPS) is 10.6. The predicted octanol–water partition coefficient (Wildman–Crippen LogP) is 2.66. The van der Waals surface area contributed by atoms with Crippen molar-refractivity contribution in [2.24, 2.45) is 0 Å². The number of aromatic nitrogens is 2. The first-order valence-corrected chi connectivity index (χ1v) is 4.50. The van der Waals surface area contributed by atoms with Crippen LogP contribution in [-0.2, 0) is 0 Å². The van der Waals surface area contributed by atoms with E-state index in [-0.39, 0.29) is 0 Å². The highest BCUT2D eigenvalue weighted by Crippen LogP contribution is 2.18. The van der Waals surface area contributed by atoms with E-state index in [1.54, 1.807) is 11.3 Å². The summed E-state index contributed by atoms with van der Waals surface area (Å²) in [6.45, 7) is 1.91. The molecule has 0 aliphatic heterocycles. The van der Waals surface area contributed by atoms with Crippen molar-refractivity contribution >= 4 is 33.8 Å². The van der Waals surface area contributed by atoms with E-state index in [1.165, 1.54) is 0 Å². The molecule has 1 N–H and O–H groups in total. The monoisotopic (exact) mass is 182 g/mol. The summed E-state index contributed by atoms with van der Waals surface area (Å²) in [6.07, 6.45) is 0. The zero-order chi connectivity index (χ0) is 7.84. The molecule has 2 aromatic rings. The zero-order valence-electron chi connectivity index (χ0n) is 5.92. The van der Waals surface area contributed by atoms with Gasteiger partial charge in [0.05, 0.1) is 10.2 Å². The summed E-state index contributed by atoms with van der Waals surface area (Å²) < 4.78 is 1.77. The lowest BCUT2D eigenvalue weighted by Gasteiger charge is -1.92. The third-order valence-electron chi connectivity index (χ3n) is 1.44. The first-order valence-electron chi connectivity index (χ1n) is 3.21. The van der Waals surface area contributed by atoms with Crippen molar-refractivity contribution in [3.05, 3.63) is 21.9 Å². The lowest BCUT2D eigenvalue weighted by atomic mass is 10.5. The number of aromatic amines is 1. The molecule has 2 rings (SSSR count). The van der Waals surface area contributed by atoms with Crippen molar-refractivity contribution in [1.29, 1.82) is 0 Å². The first-order chi connectivity index (χ1) is 5.27. The lowest BCUT2D eigenvalue weighted by molar-refractivity contribution is 1.08. The van der Waals surface area contributed by atoms with Gasteiger partial charge in [-0.3, -0.25) is 0 Å². The van der Waals surface area contributed by atoms with Crippen LogP contribution in [-0.4, -0.2) is 9.97 Å². The molecule has 56 valence electrons. The van der Waals surface area contributed by atoms with Crippen LogP contribution in [0.1, 0.15) is 5.82 Å². The number of H-pyrrole nitrogens is 1. The van der Waals surface area contributed by atoms with Gasteiger partial charge < -0.3 is 4.98 Å². The van der Waals surface area contributed by atoms with E-state index in [4.69, 9.17) is 12.2 Å². The molecule has 0 bridgehead atoms. The summed E-state index contributed by atoms with van der Waals surface area (Å²) in [4.78, 5) is 7.29. The third-order valence-corrected chi connectivity index (χ3v) is 2.79. The number of fused-ring (bicyclic) bond motifs is 1. The Labute approximate surface area is 72.9 Å². The largest absolute Gasteiger partial charge is 0.343 e. The molecule has 11 heavy (non-hydrogen) atoms. The summed E-state index contributed by atoms with van der Waals surface area (Å²) >= 11 is 6.70. The van der Waals surface area contributed by atoms with Crippen LogP contribution in [0.4, 0.5) is 0 Å². The van der Waals surface area contributed by atoms with Gasteiger partial charge in [-0.25, -0.2) is 4.98 Å². The van der Waals surface area contributed by atoms with Crippen molar-refractivity contribution in [3.63, 3.8) is 0 Å². The van der Waals surface area contributed by atoms with Gasteiger partial charge in [0.15, 0.2) is 0 Å². The second-order valence-corrected chi connectivity index (χ2v) is 3.59. The van der Waals surface area contributed by atoms with Gasteiger partial charge in [-0.05, 0) is 18.4 Å². The summed E-state index contributed by atoms with van der Waals surface area (Å²) in [5.41, 5.74) is 1.09. The molecular weight excluding hydrogens is 176 g/mol. The second-order valence-electron chi connectivity index (χ2n) is 2.29. The topological polar surface area (TPSA) is 28.7 Å². The number of hydrogen-bond donors (Lipinski definition) is 1. The summed E-state index contributed by atoms with van der Waals surface area (Å²) in [5.74, 6) is 0.876. The van der Waals surface area contributed by atoms with Crippen LogP contribution >= 0.6 is 23.6 Å². The highest BCUT2D eigenvalue weighted by molar-refractivity contribution is 7.71. The fraction of sp³-hybridized carbons (Fsp3) is 0.143. The molecule has 0 saturated heterocycles. The number of hydrogen-bond acceptors (Lipinski definition) is 3. The SMILES string of the molecule is Cc1nc(=S)c2sccc2[nH]1. The van der Waals surface area contributed by atoms with Gasteiger partial charge in [0.1, 0.15) is 10.5 Å². The summed E-state index contributed by atoms with van der Waals surface area (Å²) in [6, 6.07) is 2.02. The summed E-state index contributed by atoms with van der Waals surface area (Å²) in [5, 5.41) is 2.01. The number of aryl methyl sites for hydroxylation is 1. The minimum atomic E-state index is 0.700. The van der Waals surface area contributed by atoms with Crippen molar-refractivity contribution in [2.45, 2.75) is 6.92 Å².